The molecular weight excluding hydrogens is 405 g/mol. The van der Waals surface area contributed by atoms with Gasteiger partial charge in [-0.1, -0.05) is 6.07 Å². The lowest BCUT2D eigenvalue weighted by atomic mass is 10.1. The molecule has 1 N–H and O–H groups in total. The number of carbonyl (C=O) groups is 2. The monoisotopic (exact) mass is 420 g/mol. The van der Waals surface area contributed by atoms with E-state index in [1.165, 1.54) is 54.8 Å². The van der Waals surface area contributed by atoms with Crippen molar-refractivity contribution in [3.8, 4) is 11.4 Å². The Hall–Kier alpha value is -3.89. The van der Waals surface area contributed by atoms with E-state index in [-0.39, 0.29) is 22.7 Å². The zero-order chi connectivity index (χ0) is 21.7. The van der Waals surface area contributed by atoms with Gasteiger partial charge < -0.3 is 14.8 Å². The van der Waals surface area contributed by atoms with Crippen molar-refractivity contribution in [2.45, 2.75) is 6.18 Å². The van der Waals surface area contributed by atoms with E-state index in [0.717, 1.165) is 12.1 Å². The summed E-state index contributed by atoms with van der Waals surface area (Å²) in [5.74, 6) is -1.07. The van der Waals surface area contributed by atoms with Crippen LogP contribution in [0.3, 0.4) is 0 Å². The van der Waals surface area contributed by atoms with Crippen molar-refractivity contribution < 1.29 is 32.2 Å². The fraction of sp³-hybridized carbons (Fsp3) is 0.158. The SMILES string of the molecule is COC(=O)c1cccc(OCC(=O)Nc2cc(C(F)(F)F)ccc2-n2cncn2)c1. The maximum Gasteiger partial charge on any atom is 0.416 e. The zero-order valence-corrected chi connectivity index (χ0v) is 15.5. The van der Waals surface area contributed by atoms with E-state index >= 15 is 0 Å². The third kappa shape index (κ3) is 4.93. The Kier molecular flexibility index (Phi) is 6.00. The summed E-state index contributed by atoms with van der Waals surface area (Å²) in [6.45, 7) is -0.502. The second kappa shape index (κ2) is 8.64. The van der Waals surface area contributed by atoms with Crippen molar-refractivity contribution in [3.05, 3.63) is 66.2 Å². The molecule has 0 aliphatic rings. The Bertz CT molecular complexity index is 1050. The van der Waals surface area contributed by atoms with Crippen molar-refractivity contribution in [1.29, 1.82) is 0 Å². The zero-order valence-electron chi connectivity index (χ0n) is 15.5. The van der Waals surface area contributed by atoms with Crippen molar-refractivity contribution in [3.63, 3.8) is 0 Å². The largest absolute Gasteiger partial charge is 0.484 e. The molecule has 0 aliphatic carbocycles. The number of alkyl halides is 3. The first kappa shape index (κ1) is 20.8. The lowest BCUT2D eigenvalue weighted by Crippen LogP contribution is -2.22. The molecule has 0 spiro atoms. The van der Waals surface area contributed by atoms with Crippen molar-refractivity contribution >= 4 is 17.6 Å². The molecule has 2 aromatic carbocycles. The number of halogens is 3. The second-order valence-electron chi connectivity index (χ2n) is 5.93. The summed E-state index contributed by atoms with van der Waals surface area (Å²) in [4.78, 5) is 27.6. The van der Waals surface area contributed by atoms with Gasteiger partial charge in [-0.15, -0.1) is 0 Å². The van der Waals surface area contributed by atoms with Gasteiger partial charge in [-0.2, -0.15) is 18.3 Å². The third-order valence-corrected chi connectivity index (χ3v) is 3.89. The van der Waals surface area contributed by atoms with Crippen LogP contribution < -0.4 is 10.1 Å². The van der Waals surface area contributed by atoms with Gasteiger partial charge >= 0.3 is 12.1 Å². The van der Waals surface area contributed by atoms with E-state index in [2.05, 4.69) is 20.1 Å². The van der Waals surface area contributed by atoms with Crippen LogP contribution >= 0.6 is 0 Å². The number of hydrogen-bond donors (Lipinski definition) is 1. The van der Waals surface area contributed by atoms with Crippen LogP contribution in [0.5, 0.6) is 5.75 Å². The number of nitrogens with one attached hydrogen (secondary N) is 1. The minimum absolute atomic E-state index is 0.118. The molecule has 0 aliphatic heterocycles. The van der Waals surface area contributed by atoms with Gasteiger partial charge in [-0.25, -0.2) is 14.5 Å². The van der Waals surface area contributed by atoms with Crippen LogP contribution in [0.25, 0.3) is 5.69 Å². The molecular formula is C19H15F3N4O4. The van der Waals surface area contributed by atoms with Gasteiger partial charge in [0.2, 0.25) is 0 Å². The number of nitrogens with zero attached hydrogens (tertiary/aromatic N) is 3. The van der Waals surface area contributed by atoms with Crippen LogP contribution in [0.2, 0.25) is 0 Å². The predicted octanol–water partition coefficient (Wildman–Crippen LogP) is 3.09. The summed E-state index contributed by atoms with van der Waals surface area (Å²) >= 11 is 0. The fourth-order valence-electron chi connectivity index (χ4n) is 2.51. The maximum atomic E-state index is 13.1. The summed E-state index contributed by atoms with van der Waals surface area (Å²) in [5.41, 5.74) is -0.635. The molecule has 30 heavy (non-hydrogen) atoms. The summed E-state index contributed by atoms with van der Waals surface area (Å²) in [7, 11) is 1.23. The highest BCUT2D eigenvalue weighted by molar-refractivity contribution is 5.94. The fourth-order valence-corrected chi connectivity index (χ4v) is 2.51. The topological polar surface area (TPSA) is 95.3 Å². The number of carbonyl (C=O) groups excluding carboxylic acids is 2. The predicted molar refractivity (Wildman–Crippen MR) is 98.3 cm³/mol. The Labute approximate surface area is 168 Å². The Morgan fingerprint density at radius 1 is 1.17 bits per heavy atom. The second-order valence-corrected chi connectivity index (χ2v) is 5.93. The van der Waals surface area contributed by atoms with Gasteiger partial charge in [0.15, 0.2) is 6.61 Å². The van der Waals surface area contributed by atoms with Gasteiger partial charge in [0.1, 0.15) is 18.4 Å². The standard InChI is InChI=1S/C19H15F3N4O4/c1-29-18(28)12-3-2-4-14(7-12)30-9-17(27)25-15-8-13(19(20,21)22)5-6-16(15)26-11-23-10-24-26/h2-8,10-11H,9H2,1H3,(H,25,27). The molecule has 0 radical (unpaired) electrons. The Morgan fingerprint density at radius 2 is 1.97 bits per heavy atom. The minimum atomic E-state index is -4.59. The molecule has 3 rings (SSSR count). The normalized spacial score (nSPS) is 11.1. The van der Waals surface area contributed by atoms with Crippen molar-refractivity contribution in [2.75, 3.05) is 19.0 Å². The lowest BCUT2D eigenvalue weighted by molar-refractivity contribution is -0.137. The lowest BCUT2D eigenvalue weighted by Gasteiger charge is -2.14. The van der Waals surface area contributed by atoms with Gasteiger partial charge in [-0.3, -0.25) is 4.79 Å². The molecule has 8 nitrogen and oxygen atoms in total. The Morgan fingerprint density at radius 3 is 2.63 bits per heavy atom. The molecule has 0 saturated heterocycles. The quantitative estimate of drug-likeness (QED) is 0.616. The molecule has 1 aromatic heterocycles. The number of rotatable bonds is 6. The van der Waals surface area contributed by atoms with E-state index in [0.29, 0.717) is 0 Å². The van der Waals surface area contributed by atoms with E-state index in [1.54, 1.807) is 0 Å². The average Bonchev–Trinajstić information content (AvgIpc) is 3.26. The summed E-state index contributed by atoms with van der Waals surface area (Å²) < 4.78 is 50.4. The van der Waals surface area contributed by atoms with E-state index in [9.17, 15) is 22.8 Å². The first-order chi connectivity index (χ1) is 14.3. The summed E-state index contributed by atoms with van der Waals surface area (Å²) in [6, 6.07) is 8.79. The van der Waals surface area contributed by atoms with Gasteiger partial charge in [0.25, 0.3) is 5.91 Å². The molecule has 0 atom stereocenters. The number of amides is 1. The maximum absolute atomic E-state index is 13.1. The number of ether oxygens (including phenoxy) is 2. The molecule has 0 fully saturated rings. The van der Waals surface area contributed by atoms with E-state index < -0.39 is 30.2 Å². The van der Waals surface area contributed by atoms with Crippen molar-refractivity contribution in [1.82, 2.24) is 14.8 Å². The molecule has 1 heterocycles. The smallest absolute Gasteiger partial charge is 0.416 e. The highest BCUT2D eigenvalue weighted by atomic mass is 19.4. The van der Waals surface area contributed by atoms with Gasteiger partial charge in [-0.05, 0) is 36.4 Å². The first-order valence-corrected chi connectivity index (χ1v) is 8.45. The number of aromatic nitrogens is 3. The average molecular weight is 420 g/mol. The van der Waals surface area contributed by atoms with Crippen LogP contribution in [0.4, 0.5) is 18.9 Å². The van der Waals surface area contributed by atoms with Gasteiger partial charge in [0.05, 0.1) is 29.6 Å². The molecule has 3 aromatic rings. The summed E-state index contributed by atoms with van der Waals surface area (Å²) in [5, 5.41) is 6.26. The first-order valence-electron chi connectivity index (χ1n) is 8.45. The van der Waals surface area contributed by atoms with Gasteiger partial charge in [0, 0.05) is 0 Å². The molecule has 156 valence electrons. The molecule has 0 saturated carbocycles. The van der Waals surface area contributed by atoms with Crippen LogP contribution in [-0.2, 0) is 15.7 Å². The third-order valence-electron chi connectivity index (χ3n) is 3.89. The summed E-state index contributed by atoms with van der Waals surface area (Å²) in [6.07, 6.45) is -2.10. The number of methoxy groups -OCH3 is 1. The van der Waals surface area contributed by atoms with E-state index in [1.807, 2.05) is 0 Å². The number of benzene rings is 2. The van der Waals surface area contributed by atoms with Crippen LogP contribution in [0.1, 0.15) is 15.9 Å². The molecule has 0 unspecified atom stereocenters. The number of hydrogen-bond acceptors (Lipinski definition) is 6. The molecule has 1 amide bonds. The van der Waals surface area contributed by atoms with Crippen LogP contribution in [0, 0.1) is 0 Å². The van der Waals surface area contributed by atoms with Crippen LogP contribution in [0.15, 0.2) is 55.1 Å². The van der Waals surface area contributed by atoms with Crippen molar-refractivity contribution in [2.24, 2.45) is 0 Å². The van der Waals surface area contributed by atoms with Crippen LogP contribution in [-0.4, -0.2) is 40.4 Å². The Balaban J connectivity index is 1.76. The number of anilines is 1. The number of esters is 1. The molecule has 11 heteroatoms. The molecule has 0 bridgehead atoms. The van der Waals surface area contributed by atoms with E-state index in [4.69, 9.17) is 4.74 Å². The highest BCUT2D eigenvalue weighted by Crippen LogP contribution is 2.33. The highest BCUT2D eigenvalue weighted by Gasteiger charge is 2.31. The minimum Gasteiger partial charge on any atom is -0.484 e.